The number of nitrogens with two attached hydrogens (primary N) is 1. The number of hydrogen-bond donors (Lipinski definition) is 2. The van der Waals surface area contributed by atoms with Gasteiger partial charge in [0.15, 0.2) is 0 Å². The Kier molecular flexibility index (Phi) is 3.87. The molecule has 1 saturated heterocycles. The van der Waals surface area contributed by atoms with Crippen molar-refractivity contribution in [3.63, 3.8) is 0 Å². The van der Waals surface area contributed by atoms with Crippen LogP contribution in [0.4, 0.5) is 0 Å². The van der Waals surface area contributed by atoms with Gasteiger partial charge in [-0.25, -0.2) is 0 Å². The number of rotatable bonds is 2. The summed E-state index contributed by atoms with van der Waals surface area (Å²) in [4.78, 5) is 0. The highest BCUT2D eigenvalue weighted by Crippen LogP contribution is 2.21. The molecule has 0 aromatic rings. The summed E-state index contributed by atoms with van der Waals surface area (Å²) >= 11 is 0. The molecule has 0 spiro atoms. The van der Waals surface area contributed by atoms with E-state index < -0.39 is 0 Å². The van der Waals surface area contributed by atoms with Crippen molar-refractivity contribution in [2.45, 2.75) is 26.2 Å². The summed E-state index contributed by atoms with van der Waals surface area (Å²) in [5, 5.41) is 3.42. The fraction of sp³-hybridized carbons (Fsp3) is 1.00. The van der Waals surface area contributed by atoms with Gasteiger partial charge >= 0.3 is 0 Å². The fourth-order valence-corrected chi connectivity index (χ4v) is 1.81. The Labute approximate surface area is 69.5 Å². The zero-order valence-corrected chi connectivity index (χ0v) is 7.47. The normalized spacial score (nSPS) is 29.5. The van der Waals surface area contributed by atoms with Gasteiger partial charge in [0.05, 0.1) is 0 Å². The Balaban J connectivity index is 2.30. The van der Waals surface area contributed by atoms with Crippen molar-refractivity contribution in [3.05, 3.63) is 0 Å². The van der Waals surface area contributed by atoms with Gasteiger partial charge in [-0.05, 0) is 50.7 Å². The molecule has 0 aromatic carbocycles. The van der Waals surface area contributed by atoms with Crippen molar-refractivity contribution in [1.82, 2.24) is 5.32 Å². The molecule has 0 aliphatic carbocycles. The molecule has 1 rings (SSSR count). The predicted octanol–water partition coefficient (Wildman–Crippen LogP) is 0.971. The summed E-state index contributed by atoms with van der Waals surface area (Å²) in [5.41, 5.74) is 5.63. The molecular weight excluding hydrogens is 136 g/mol. The van der Waals surface area contributed by atoms with Gasteiger partial charge in [-0.3, -0.25) is 0 Å². The Morgan fingerprint density at radius 1 is 1.45 bits per heavy atom. The average molecular weight is 156 g/mol. The Bertz CT molecular complexity index is 95.7. The molecule has 0 bridgehead atoms. The largest absolute Gasteiger partial charge is 0.330 e. The van der Waals surface area contributed by atoms with Crippen molar-refractivity contribution in [1.29, 1.82) is 0 Å². The second kappa shape index (κ2) is 4.73. The zero-order valence-electron chi connectivity index (χ0n) is 7.47. The Morgan fingerprint density at radius 2 is 2.27 bits per heavy atom. The molecular formula is C9H20N2. The third-order valence-corrected chi connectivity index (χ3v) is 2.80. The van der Waals surface area contributed by atoms with Crippen LogP contribution in [0.3, 0.4) is 0 Å². The van der Waals surface area contributed by atoms with Crippen LogP contribution in [-0.4, -0.2) is 19.6 Å². The molecule has 0 aromatic heterocycles. The van der Waals surface area contributed by atoms with Crippen LogP contribution in [0.15, 0.2) is 0 Å². The van der Waals surface area contributed by atoms with Gasteiger partial charge in [-0.1, -0.05) is 6.92 Å². The van der Waals surface area contributed by atoms with E-state index in [4.69, 9.17) is 5.73 Å². The lowest BCUT2D eigenvalue weighted by Gasteiger charge is -2.19. The topological polar surface area (TPSA) is 38.0 Å². The first-order valence-electron chi connectivity index (χ1n) is 4.75. The average Bonchev–Trinajstić information content (AvgIpc) is 2.30. The van der Waals surface area contributed by atoms with Crippen molar-refractivity contribution in [2.24, 2.45) is 17.6 Å². The molecule has 2 heteroatoms. The van der Waals surface area contributed by atoms with Gasteiger partial charge in [-0.15, -0.1) is 0 Å². The Hall–Kier alpha value is -0.0800. The first-order valence-corrected chi connectivity index (χ1v) is 4.75. The number of nitrogens with one attached hydrogen (secondary N) is 1. The van der Waals surface area contributed by atoms with Crippen molar-refractivity contribution < 1.29 is 0 Å². The molecule has 1 aliphatic rings. The molecule has 0 radical (unpaired) electrons. The molecule has 2 unspecified atom stereocenters. The zero-order chi connectivity index (χ0) is 8.10. The minimum Gasteiger partial charge on any atom is -0.330 e. The van der Waals surface area contributed by atoms with Crippen LogP contribution in [0, 0.1) is 11.8 Å². The van der Waals surface area contributed by atoms with Gasteiger partial charge in [0.2, 0.25) is 0 Å². The maximum absolute atomic E-state index is 5.63. The summed E-state index contributed by atoms with van der Waals surface area (Å²) in [6, 6.07) is 0. The first-order chi connectivity index (χ1) is 5.34. The van der Waals surface area contributed by atoms with E-state index in [2.05, 4.69) is 12.2 Å². The van der Waals surface area contributed by atoms with Crippen LogP contribution < -0.4 is 11.1 Å². The van der Waals surface area contributed by atoms with Gasteiger partial charge < -0.3 is 11.1 Å². The van der Waals surface area contributed by atoms with Crippen LogP contribution in [0.25, 0.3) is 0 Å². The predicted molar refractivity (Wildman–Crippen MR) is 48.4 cm³/mol. The van der Waals surface area contributed by atoms with Gasteiger partial charge in [0, 0.05) is 0 Å². The Morgan fingerprint density at radius 3 is 3.00 bits per heavy atom. The van der Waals surface area contributed by atoms with E-state index in [-0.39, 0.29) is 0 Å². The van der Waals surface area contributed by atoms with Crippen LogP contribution >= 0.6 is 0 Å². The van der Waals surface area contributed by atoms with Crippen LogP contribution in [0.5, 0.6) is 0 Å². The molecule has 11 heavy (non-hydrogen) atoms. The summed E-state index contributed by atoms with van der Waals surface area (Å²) in [7, 11) is 0. The van der Waals surface area contributed by atoms with Crippen LogP contribution in [0.2, 0.25) is 0 Å². The van der Waals surface area contributed by atoms with Gasteiger partial charge in [0.25, 0.3) is 0 Å². The van der Waals surface area contributed by atoms with Crippen LogP contribution in [0.1, 0.15) is 26.2 Å². The molecule has 1 aliphatic heterocycles. The molecule has 2 nitrogen and oxygen atoms in total. The minimum atomic E-state index is 0.717. The lowest BCUT2D eigenvalue weighted by atomic mass is 9.88. The van der Waals surface area contributed by atoms with Crippen LogP contribution in [-0.2, 0) is 0 Å². The third-order valence-electron chi connectivity index (χ3n) is 2.80. The highest BCUT2D eigenvalue weighted by Gasteiger charge is 2.16. The molecule has 66 valence electrons. The smallest absolute Gasteiger partial charge is 0.00462 e. The van der Waals surface area contributed by atoms with E-state index in [0.717, 1.165) is 18.4 Å². The molecule has 0 amide bonds. The SMILES string of the molecule is CC(CN)C1CCCNCC1. The van der Waals surface area contributed by atoms with Gasteiger partial charge in [-0.2, -0.15) is 0 Å². The maximum atomic E-state index is 5.63. The van der Waals surface area contributed by atoms with E-state index >= 15 is 0 Å². The highest BCUT2D eigenvalue weighted by atomic mass is 14.8. The quantitative estimate of drug-likeness (QED) is 0.625. The summed E-state index contributed by atoms with van der Waals surface area (Å²) < 4.78 is 0. The molecule has 2 atom stereocenters. The van der Waals surface area contributed by atoms with Crippen molar-refractivity contribution >= 4 is 0 Å². The van der Waals surface area contributed by atoms with E-state index in [1.807, 2.05) is 0 Å². The summed E-state index contributed by atoms with van der Waals surface area (Å²) in [6.45, 7) is 5.52. The van der Waals surface area contributed by atoms with E-state index in [9.17, 15) is 0 Å². The van der Waals surface area contributed by atoms with E-state index in [1.165, 1.54) is 32.4 Å². The summed E-state index contributed by atoms with van der Waals surface area (Å²) in [5.74, 6) is 1.59. The van der Waals surface area contributed by atoms with E-state index in [1.54, 1.807) is 0 Å². The summed E-state index contributed by atoms with van der Waals surface area (Å²) in [6.07, 6.45) is 4.01. The van der Waals surface area contributed by atoms with Crippen molar-refractivity contribution in [3.8, 4) is 0 Å². The lowest BCUT2D eigenvalue weighted by Crippen LogP contribution is -2.21. The standard InChI is InChI=1S/C9H20N2/c1-8(7-10)9-3-2-5-11-6-4-9/h8-9,11H,2-7,10H2,1H3. The highest BCUT2D eigenvalue weighted by molar-refractivity contribution is 4.71. The second-order valence-corrected chi connectivity index (χ2v) is 3.65. The molecule has 3 N–H and O–H groups in total. The molecule has 1 fully saturated rings. The van der Waals surface area contributed by atoms with Crippen molar-refractivity contribution in [2.75, 3.05) is 19.6 Å². The second-order valence-electron chi connectivity index (χ2n) is 3.65. The molecule has 0 saturated carbocycles. The first kappa shape index (κ1) is 9.01. The molecule has 1 heterocycles. The lowest BCUT2D eigenvalue weighted by molar-refractivity contribution is 0.333. The van der Waals surface area contributed by atoms with E-state index in [0.29, 0.717) is 0 Å². The number of hydrogen-bond acceptors (Lipinski definition) is 2. The monoisotopic (exact) mass is 156 g/mol. The minimum absolute atomic E-state index is 0.717. The maximum Gasteiger partial charge on any atom is -0.00462 e. The third kappa shape index (κ3) is 2.80. The van der Waals surface area contributed by atoms with Gasteiger partial charge in [0.1, 0.15) is 0 Å². The fourth-order valence-electron chi connectivity index (χ4n) is 1.81.